The number of aliphatic hydroxyl groups excluding tert-OH is 1. The van der Waals surface area contributed by atoms with E-state index in [1.54, 1.807) is 11.6 Å². The number of thioether (sulfide) groups is 1. The lowest BCUT2D eigenvalue weighted by molar-refractivity contribution is 0.0910. The number of para-hydroxylation sites is 1. The Hall–Kier alpha value is -2.52. The van der Waals surface area contributed by atoms with Crippen molar-refractivity contribution in [1.82, 2.24) is 19.1 Å². The SMILES string of the molecule is CCCSc1nc2c(c(=O)[nH]c(=O)n2C)n1CC(O)COc1ccccc1C. The topological polar surface area (TPSA) is 102 Å². The molecule has 3 aromatic rings. The van der Waals surface area contributed by atoms with Crippen LogP contribution < -0.4 is 16.0 Å². The molecular weight excluding hydrogens is 380 g/mol. The minimum Gasteiger partial charge on any atom is -0.491 e. The van der Waals surface area contributed by atoms with Crippen molar-refractivity contribution < 1.29 is 9.84 Å². The molecular formula is C19H24N4O4S. The van der Waals surface area contributed by atoms with E-state index < -0.39 is 17.4 Å². The van der Waals surface area contributed by atoms with Crippen molar-refractivity contribution in [2.45, 2.75) is 38.1 Å². The van der Waals surface area contributed by atoms with Crippen molar-refractivity contribution in [3.63, 3.8) is 0 Å². The fourth-order valence-corrected chi connectivity index (χ4v) is 3.71. The van der Waals surface area contributed by atoms with E-state index in [0.29, 0.717) is 16.6 Å². The van der Waals surface area contributed by atoms with Gasteiger partial charge in [-0.3, -0.25) is 14.3 Å². The van der Waals surface area contributed by atoms with Crippen LogP contribution in [0, 0.1) is 6.92 Å². The first-order chi connectivity index (χ1) is 13.4. The first-order valence-electron chi connectivity index (χ1n) is 9.11. The molecule has 9 heteroatoms. The molecule has 0 bridgehead atoms. The third-order valence-corrected chi connectivity index (χ3v) is 5.51. The number of rotatable bonds is 8. The van der Waals surface area contributed by atoms with Crippen LogP contribution in [0.3, 0.4) is 0 Å². The number of benzene rings is 1. The number of fused-ring (bicyclic) bond motifs is 1. The number of nitrogens with zero attached hydrogens (tertiary/aromatic N) is 3. The summed E-state index contributed by atoms with van der Waals surface area (Å²) in [6.07, 6.45) is 0.0804. The third-order valence-electron chi connectivity index (χ3n) is 4.33. The molecule has 0 saturated heterocycles. The predicted molar refractivity (Wildman–Crippen MR) is 109 cm³/mol. The predicted octanol–water partition coefficient (Wildman–Crippen LogP) is 1.67. The highest BCUT2D eigenvalue weighted by atomic mass is 32.2. The Morgan fingerprint density at radius 3 is 2.79 bits per heavy atom. The number of aromatic amines is 1. The summed E-state index contributed by atoms with van der Waals surface area (Å²) in [7, 11) is 1.56. The van der Waals surface area contributed by atoms with Gasteiger partial charge >= 0.3 is 5.69 Å². The summed E-state index contributed by atoms with van der Waals surface area (Å²) in [6, 6.07) is 7.57. The third kappa shape index (κ3) is 4.15. The molecule has 2 N–H and O–H groups in total. The smallest absolute Gasteiger partial charge is 0.329 e. The lowest BCUT2D eigenvalue weighted by Crippen LogP contribution is -2.30. The van der Waals surface area contributed by atoms with Crippen LogP contribution in [0.1, 0.15) is 18.9 Å². The molecule has 1 atom stereocenters. The minimum atomic E-state index is -0.852. The lowest BCUT2D eigenvalue weighted by Gasteiger charge is -2.16. The Morgan fingerprint density at radius 1 is 1.32 bits per heavy atom. The highest BCUT2D eigenvalue weighted by Gasteiger charge is 2.20. The van der Waals surface area contributed by atoms with Crippen LogP contribution in [0.15, 0.2) is 39.0 Å². The van der Waals surface area contributed by atoms with Crippen LogP contribution in [-0.4, -0.2) is 42.7 Å². The van der Waals surface area contributed by atoms with Crippen LogP contribution in [0.2, 0.25) is 0 Å². The summed E-state index contributed by atoms with van der Waals surface area (Å²) in [5.41, 5.74) is 0.530. The van der Waals surface area contributed by atoms with Gasteiger partial charge in [-0.2, -0.15) is 0 Å². The van der Waals surface area contributed by atoms with Crippen LogP contribution >= 0.6 is 11.8 Å². The number of aromatic nitrogens is 4. The summed E-state index contributed by atoms with van der Waals surface area (Å²) in [6.45, 7) is 4.19. The number of H-pyrrole nitrogens is 1. The van der Waals surface area contributed by atoms with E-state index in [1.807, 2.05) is 38.1 Å². The molecule has 0 aliphatic rings. The molecule has 2 heterocycles. The summed E-state index contributed by atoms with van der Waals surface area (Å²) < 4.78 is 8.69. The highest BCUT2D eigenvalue weighted by molar-refractivity contribution is 7.99. The van der Waals surface area contributed by atoms with Gasteiger partial charge in [0, 0.05) is 12.8 Å². The number of hydrogen-bond donors (Lipinski definition) is 2. The molecule has 0 amide bonds. The van der Waals surface area contributed by atoms with Crippen molar-refractivity contribution in [2.24, 2.45) is 7.05 Å². The van der Waals surface area contributed by atoms with Gasteiger partial charge in [0.15, 0.2) is 16.3 Å². The minimum absolute atomic E-state index is 0.0755. The van der Waals surface area contributed by atoms with E-state index >= 15 is 0 Å². The van der Waals surface area contributed by atoms with E-state index in [0.717, 1.165) is 17.7 Å². The number of nitrogens with one attached hydrogen (secondary N) is 1. The second-order valence-electron chi connectivity index (χ2n) is 6.57. The van der Waals surface area contributed by atoms with Crippen molar-refractivity contribution in [1.29, 1.82) is 0 Å². The van der Waals surface area contributed by atoms with Crippen LogP contribution in [0.4, 0.5) is 0 Å². The number of aliphatic hydroxyl groups is 1. The van der Waals surface area contributed by atoms with E-state index in [4.69, 9.17) is 4.74 Å². The molecule has 8 nitrogen and oxygen atoms in total. The number of aryl methyl sites for hydroxylation is 2. The summed E-state index contributed by atoms with van der Waals surface area (Å²) >= 11 is 1.49. The van der Waals surface area contributed by atoms with Crippen LogP contribution in [-0.2, 0) is 13.6 Å². The molecule has 0 aliphatic heterocycles. The molecule has 28 heavy (non-hydrogen) atoms. The van der Waals surface area contributed by atoms with E-state index in [2.05, 4.69) is 9.97 Å². The fourth-order valence-electron chi connectivity index (χ4n) is 2.86. The number of hydrogen-bond acceptors (Lipinski definition) is 6. The first kappa shape index (κ1) is 20.2. The number of imidazole rings is 1. The molecule has 150 valence electrons. The molecule has 0 aliphatic carbocycles. The van der Waals surface area contributed by atoms with Crippen molar-refractivity contribution in [2.75, 3.05) is 12.4 Å². The summed E-state index contributed by atoms with van der Waals surface area (Å²) in [5, 5.41) is 11.1. The Morgan fingerprint density at radius 2 is 2.07 bits per heavy atom. The Labute approximate surface area is 166 Å². The average Bonchev–Trinajstić information content (AvgIpc) is 3.02. The quantitative estimate of drug-likeness (QED) is 0.554. The maximum Gasteiger partial charge on any atom is 0.329 e. The summed E-state index contributed by atoms with van der Waals surface area (Å²) in [4.78, 5) is 31.1. The van der Waals surface area contributed by atoms with Gasteiger partial charge in [-0.1, -0.05) is 36.9 Å². The highest BCUT2D eigenvalue weighted by Crippen LogP contribution is 2.23. The van der Waals surface area contributed by atoms with Gasteiger partial charge in [-0.05, 0) is 25.0 Å². The van der Waals surface area contributed by atoms with Crippen molar-refractivity contribution in [3.05, 3.63) is 50.7 Å². The van der Waals surface area contributed by atoms with Crippen LogP contribution in [0.25, 0.3) is 11.2 Å². The normalized spacial score (nSPS) is 12.4. The largest absolute Gasteiger partial charge is 0.491 e. The van der Waals surface area contributed by atoms with Gasteiger partial charge in [-0.25, -0.2) is 9.78 Å². The van der Waals surface area contributed by atoms with E-state index in [9.17, 15) is 14.7 Å². The molecule has 0 spiro atoms. The van der Waals surface area contributed by atoms with Crippen molar-refractivity contribution >= 4 is 22.9 Å². The second kappa shape index (κ2) is 8.66. The Balaban J connectivity index is 1.90. The monoisotopic (exact) mass is 404 g/mol. The van der Waals surface area contributed by atoms with Crippen LogP contribution in [0.5, 0.6) is 5.75 Å². The number of ether oxygens (including phenoxy) is 1. The Kier molecular flexibility index (Phi) is 6.25. The Bertz CT molecular complexity index is 1090. The zero-order valence-electron chi connectivity index (χ0n) is 16.1. The zero-order valence-corrected chi connectivity index (χ0v) is 17.0. The molecule has 0 radical (unpaired) electrons. The molecule has 2 aromatic heterocycles. The zero-order chi connectivity index (χ0) is 20.3. The van der Waals surface area contributed by atoms with Gasteiger partial charge in [0.2, 0.25) is 0 Å². The molecule has 0 saturated carbocycles. The van der Waals surface area contributed by atoms with Gasteiger partial charge in [0.05, 0.1) is 6.54 Å². The molecule has 3 rings (SSSR count). The lowest BCUT2D eigenvalue weighted by atomic mass is 10.2. The van der Waals surface area contributed by atoms with Crippen molar-refractivity contribution in [3.8, 4) is 5.75 Å². The van der Waals surface area contributed by atoms with Gasteiger partial charge in [-0.15, -0.1) is 0 Å². The van der Waals surface area contributed by atoms with Gasteiger partial charge < -0.3 is 14.4 Å². The molecule has 1 aromatic carbocycles. The molecule has 0 fully saturated rings. The standard InChI is InChI=1S/C19H24N4O4S/c1-4-9-28-19-20-16-15(17(25)21-18(26)22(16)3)23(19)10-13(24)11-27-14-8-6-5-7-12(14)2/h5-8,13,24H,4,9-11H2,1-3H3,(H,21,25,26). The van der Waals surface area contributed by atoms with E-state index in [-0.39, 0.29) is 18.7 Å². The fraction of sp³-hybridized carbons (Fsp3) is 0.421. The second-order valence-corrected chi connectivity index (χ2v) is 7.64. The maximum atomic E-state index is 12.4. The average molecular weight is 404 g/mol. The van der Waals surface area contributed by atoms with E-state index in [1.165, 1.54) is 16.3 Å². The van der Waals surface area contributed by atoms with Gasteiger partial charge in [0.25, 0.3) is 5.56 Å². The maximum absolute atomic E-state index is 12.4. The van der Waals surface area contributed by atoms with Gasteiger partial charge in [0.1, 0.15) is 18.5 Å². The molecule has 1 unspecified atom stereocenters. The summed E-state index contributed by atoms with van der Waals surface area (Å²) in [5.74, 6) is 1.52. The first-order valence-corrected chi connectivity index (χ1v) is 10.1.